The summed E-state index contributed by atoms with van der Waals surface area (Å²) in [6.07, 6.45) is 9.38. The van der Waals surface area contributed by atoms with Gasteiger partial charge in [0.2, 0.25) is 0 Å². The van der Waals surface area contributed by atoms with Crippen molar-refractivity contribution in [3.8, 4) is 17.1 Å². The molecular weight excluding hydrogens is 304 g/mol. The topological polar surface area (TPSA) is 78.2 Å². The minimum atomic E-state index is -0.945. The molecule has 0 saturated heterocycles. The molecule has 0 radical (unpaired) electrons. The summed E-state index contributed by atoms with van der Waals surface area (Å²) in [5.41, 5.74) is 1.78. The highest BCUT2D eigenvalue weighted by Gasteiger charge is 2.20. The largest absolute Gasteiger partial charge is 0.872 e. The van der Waals surface area contributed by atoms with Crippen molar-refractivity contribution < 1.29 is 15.0 Å². The van der Waals surface area contributed by atoms with Crippen LogP contribution in [0.5, 0.6) is 5.75 Å². The van der Waals surface area contributed by atoms with Gasteiger partial charge < -0.3 is 14.8 Å². The molecule has 1 aromatic carbocycles. The molecule has 24 heavy (non-hydrogen) atoms. The zero-order chi connectivity index (χ0) is 17.1. The Morgan fingerprint density at radius 3 is 2.54 bits per heavy atom. The summed E-state index contributed by atoms with van der Waals surface area (Å²) in [5, 5.41) is 20.4. The van der Waals surface area contributed by atoms with E-state index in [-0.39, 0.29) is 11.3 Å². The number of aromatic nitrogens is 2. The molecule has 1 heterocycles. The van der Waals surface area contributed by atoms with Gasteiger partial charge in [-0.1, -0.05) is 43.5 Å². The fraction of sp³-hybridized carbons (Fsp3) is 0.368. The van der Waals surface area contributed by atoms with Crippen LogP contribution in [0.25, 0.3) is 17.5 Å². The lowest BCUT2D eigenvalue weighted by Gasteiger charge is -2.24. The molecule has 0 unspecified atom stereocenters. The third-order valence-electron chi connectivity index (χ3n) is 4.53. The lowest BCUT2D eigenvalue weighted by Crippen LogP contribution is -2.13. The van der Waals surface area contributed by atoms with Crippen LogP contribution in [0.2, 0.25) is 0 Å². The van der Waals surface area contributed by atoms with Crippen molar-refractivity contribution in [2.24, 2.45) is 0 Å². The van der Waals surface area contributed by atoms with Crippen molar-refractivity contribution in [3.63, 3.8) is 0 Å². The average molecular weight is 325 g/mol. The Morgan fingerprint density at radius 2 is 1.92 bits per heavy atom. The van der Waals surface area contributed by atoms with Crippen molar-refractivity contribution in [1.82, 2.24) is 9.55 Å². The van der Waals surface area contributed by atoms with Crippen molar-refractivity contribution in [1.29, 1.82) is 0 Å². The van der Waals surface area contributed by atoms with Gasteiger partial charge in [0.05, 0.1) is 5.69 Å². The highest BCUT2D eigenvalue weighted by Crippen LogP contribution is 2.33. The van der Waals surface area contributed by atoms with Crippen molar-refractivity contribution >= 4 is 12.0 Å². The van der Waals surface area contributed by atoms with Crippen LogP contribution in [0.3, 0.4) is 0 Å². The van der Waals surface area contributed by atoms with Crippen molar-refractivity contribution in [3.05, 3.63) is 41.7 Å². The summed E-state index contributed by atoms with van der Waals surface area (Å²) in [5.74, 6) is -0.179. The number of carboxylic acids is 1. The first-order chi connectivity index (χ1) is 11.5. The van der Waals surface area contributed by atoms with Crippen LogP contribution < -0.4 is 5.11 Å². The van der Waals surface area contributed by atoms with E-state index in [1.807, 2.05) is 6.20 Å². The van der Waals surface area contributed by atoms with Crippen molar-refractivity contribution in [2.75, 3.05) is 0 Å². The number of nitrogens with zero attached hydrogens (tertiary/aromatic N) is 2. The lowest BCUT2D eigenvalue weighted by atomic mass is 9.95. The van der Waals surface area contributed by atoms with E-state index in [1.54, 1.807) is 25.1 Å². The van der Waals surface area contributed by atoms with Gasteiger partial charge in [0.25, 0.3) is 0 Å². The van der Waals surface area contributed by atoms with Gasteiger partial charge >= 0.3 is 5.97 Å². The molecule has 2 aromatic rings. The Balaban J connectivity index is 2.03. The van der Waals surface area contributed by atoms with Crippen LogP contribution in [0.15, 0.2) is 36.0 Å². The highest BCUT2D eigenvalue weighted by atomic mass is 16.4. The number of rotatable bonds is 4. The number of benzene rings is 1. The summed E-state index contributed by atoms with van der Waals surface area (Å²) >= 11 is 0. The lowest BCUT2D eigenvalue weighted by molar-refractivity contribution is -0.268. The van der Waals surface area contributed by atoms with E-state index in [4.69, 9.17) is 5.11 Å². The zero-order valence-electron chi connectivity index (χ0n) is 13.7. The van der Waals surface area contributed by atoms with Gasteiger partial charge in [-0.05, 0) is 25.8 Å². The number of carbonyl (C=O) groups is 1. The van der Waals surface area contributed by atoms with Crippen LogP contribution in [-0.4, -0.2) is 20.6 Å². The van der Waals surface area contributed by atoms with Gasteiger partial charge in [0, 0.05) is 23.4 Å². The summed E-state index contributed by atoms with van der Waals surface area (Å²) in [6, 6.07) is 7.00. The van der Waals surface area contributed by atoms with E-state index in [9.17, 15) is 9.90 Å². The molecule has 5 nitrogen and oxygen atoms in total. The van der Waals surface area contributed by atoms with E-state index in [1.165, 1.54) is 31.4 Å². The number of hydrogen-bond acceptors (Lipinski definition) is 3. The molecule has 0 bridgehead atoms. The Kier molecular flexibility index (Phi) is 4.69. The van der Waals surface area contributed by atoms with E-state index in [2.05, 4.69) is 9.55 Å². The molecule has 1 aromatic heterocycles. The summed E-state index contributed by atoms with van der Waals surface area (Å²) < 4.78 is 2.15. The smallest absolute Gasteiger partial charge is 0.331 e. The number of aliphatic carboxylic acids is 1. The van der Waals surface area contributed by atoms with Gasteiger partial charge in [-0.2, -0.15) is 0 Å². The van der Waals surface area contributed by atoms with Crippen LogP contribution in [0.1, 0.15) is 50.8 Å². The second-order valence-electron chi connectivity index (χ2n) is 6.35. The van der Waals surface area contributed by atoms with Gasteiger partial charge in [0.15, 0.2) is 0 Å². The standard InChI is InChI=1S/C19H22N2O3/c1-13(19(23)24)11-15-12-21(16-5-3-2-4-6-16)18(20-15)14-7-9-17(22)10-8-14/h7-12,16,22H,2-6H2,1H3,(H,23,24)/p-1/b13-11+. The predicted octanol–water partition coefficient (Wildman–Crippen LogP) is 3.62. The van der Waals surface area contributed by atoms with E-state index < -0.39 is 5.97 Å². The molecule has 1 fully saturated rings. The maximum atomic E-state index is 11.4. The number of imidazole rings is 1. The zero-order valence-corrected chi connectivity index (χ0v) is 13.7. The predicted molar refractivity (Wildman–Crippen MR) is 90.5 cm³/mol. The molecule has 126 valence electrons. The molecule has 3 rings (SSSR count). The molecular formula is C19H21N2O3-. The normalized spacial score (nSPS) is 16.3. The fourth-order valence-corrected chi connectivity index (χ4v) is 3.22. The highest BCUT2D eigenvalue weighted by molar-refractivity contribution is 5.91. The minimum Gasteiger partial charge on any atom is -0.872 e. The Hall–Kier alpha value is -2.56. The monoisotopic (exact) mass is 325 g/mol. The van der Waals surface area contributed by atoms with Gasteiger partial charge in [-0.15, -0.1) is 5.75 Å². The number of hydrogen-bond donors (Lipinski definition) is 1. The first-order valence-corrected chi connectivity index (χ1v) is 8.32. The molecule has 0 spiro atoms. The van der Waals surface area contributed by atoms with Crippen LogP contribution in [-0.2, 0) is 4.79 Å². The average Bonchev–Trinajstić information content (AvgIpc) is 3.00. The Labute approximate surface area is 141 Å². The fourth-order valence-electron chi connectivity index (χ4n) is 3.22. The second kappa shape index (κ2) is 6.91. The maximum absolute atomic E-state index is 11.4. The summed E-state index contributed by atoms with van der Waals surface area (Å²) in [6.45, 7) is 1.56. The Morgan fingerprint density at radius 1 is 1.25 bits per heavy atom. The van der Waals surface area contributed by atoms with Crippen molar-refractivity contribution in [2.45, 2.75) is 45.1 Å². The molecule has 1 aliphatic carbocycles. The number of carboxylic acid groups (broad SMARTS) is 1. The van der Waals surface area contributed by atoms with E-state index >= 15 is 0 Å². The molecule has 1 aliphatic rings. The van der Waals surface area contributed by atoms with Crippen LogP contribution in [0.4, 0.5) is 0 Å². The molecule has 5 heteroatoms. The molecule has 1 saturated carbocycles. The third-order valence-corrected chi connectivity index (χ3v) is 4.53. The second-order valence-corrected chi connectivity index (χ2v) is 6.35. The Bertz CT molecular complexity index is 753. The molecule has 1 N–H and O–H groups in total. The first kappa shape index (κ1) is 16.3. The molecule has 0 amide bonds. The maximum Gasteiger partial charge on any atom is 0.331 e. The molecule has 0 atom stereocenters. The minimum absolute atomic E-state index is 0.0311. The van der Waals surface area contributed by atoms with E-state index in [0.29, 0.717) is 11.7 Å². The van der Waals surface area contributed by atoms with Crippen LogP contribution in [0, 0.1) is 0 Å². The quantitative estimate of drug-likeness (QED) is 0.871. The summed E-state index contributed by atoms with van der Waals surface area (Å²) in [4.78, 5) is 15.7. The third kappa shape index (κ3) is 3.50. The SMILES string of the molecule is C/C(=C\c1cn(C2CCCCC2)c(-c2ccc([O-])cc2)n1)C(=O)O. The van der Waals surface area contributed by atoms with Gasteiger partial charge in [-0.3, -0.25) is 0 Å². The van der Waals surface area contributed by atoms with Gasteiger partial charge in [0.1, 0.15) is 5.82 Å². The first-order valence-electron chi connectivity index (χ1n) is 8.32. The molecule has 0 aliphatic heterocycles. The van der Waals surface area contributed by atoms with Gasteiger partial charge in [-0.25, -0.2) is 9.78 Å². The van der Waals surface area contributed by atoms with E-state index in [0.717, 1.165) is 24.2 Å². The van der Waals surface area contributed by atoms with Crippen LogP contribution >= 0.6 is 0 Å². The summed E-state index contributed by atoms with van der Waals surface area (Å²) in [7, 11) is 0.